The second-order valence-electron chi connectivity index (χ2n) is 6.66. The van der Waals surface area contributed by atoms with Crippen LogP contribution in [0.25, 0.3) is 6.08 Å². The topological polar surface area (TPSA) is 101 Å². The number of hydrogen-bond acceptors (Lipinski definition) is 8. The Kier molecular flexibility index (Phi) is 7.91. The predicted octanol–water partition coefficient (Wildman–Crippen LogP) is 3.85. The highest BCUT2D eigenvalue weighted by atomic mass is 16.5. The molecule has 0 aliphatic carbocycles. The number of rotatable bonds is 8. The minimum absolute atomic E-state index is 0.00576. The highest BCUT2D eigenvalue weighted by Crippen LogP contribution is 2.20. The lowest BCUT2D eigenvalue weighted by Gasteiger charge is -2.07. The molecule has 0 aliphatic heterocycles. The van der Waals surface area contributed by atoms with Gasteiger partial charge in [-0.05, 0) is 54.1 Å². The average molecular weight is 447 g/mol. The van der Waals surface area contributed by atoms with E-state index >= 15 is 0 Å². The molecule has 0 unspecified atom stereocenters. The van der Waals surface area contributed by atoms with Crippen LogP contribution in [-0.4, -0.2) is 37.1 Å². The maximum atomic E-state index is 12.2. The summed E-state index contributed by atoms with van der Waals surface area (Å²) in [5.74, 6) is -1.39. The van der Waals surface area contributed by atoms with Crippen molar-refractivity contribution in [1.29, 1.82) is 0 Å². The number of pyridine rings is 1. The number of nitrogens with zero attached hydrogens (tertiary/aromatic N) is 1. The van der Waals surface area contributed by atoms with Crippen LogP contribution in [0.2, 0.25) is 0 Å². The van der Waals surface area contributed by atoms with Gasteiger partial charge in [-0.1, -0.05) is 18.2 Å². The molecule has 168 valence electrons. The molecule has 0 saturated heterocycles. The van der Waals surface area contributed by atoms with Gasteiger partial charge in [0.25, 0.3) is 0 Å². The van der Waals surface area contributed by atoms with Gasteiger partial charge in [-0.15, -0.1) is 0 Å². The molecule has 33 heavy (non-hydrogen) atoms. The van der Waals surface area contributed by atoms with Crippen molar-refractivity contribution in [1.82, 2.24) is 4.98 Å². The predicted molar refractivity (Wildman–Crippen MR) is 119 cm³/mol. The summed E-state index contributed by atoms with van der Waals surface area (Å²) in [5, 5.41) is 0. The Bertz CT molecular complexity index is 1120. The number of esters is 3. The maximum Gasteiger partial charge on any atom is 0.338 e. The monoisotopic (exact) mass is 447 g/mol. The summed E-state index contributed by atoms with van der Waals surface area (Å²) >= 11 is 0. The Morgan fingerprint density at radius 1 is 0.848 bits per heavy atom. The van der Waals surface area contributed by atoms with Crippen molar-refractivity contribution in [2.24, 2.45) is 0 Å². The fraction of sp³-hybridized carbons (Fsp3) is 0.120. The van der Waals surface area contributed by atoms with Crippen molar-refractivity contribution in [3.63, 3.8) is 0 Å². The first-order valence-corrected chi connectivity index (χ1v) is 9.83. The van der Waals surface area contributed by atoms with E-state index in [0.717, 1.165) is 11.3 Å². The summed E-state index contributed by atoms with van der Waals surface area (Å²) < 4.78 is 20.2. The van der Waals surface area contributed by atoms with Gasteiger partial charge in [0, 0.05) is 12.3 Å². The lowest BCUT2D eigenvalue weighted by molar-refractivity contribution is -0.128. The summed E-state index contributed by atoms with van der Waals surface area (Å²) in [4.78, 5) is 40.1. The van der Waals surface area contributed by atoms with Crippen LogP contribution >= 0.6 is 0 Å². The first-order valence-electron chi connectivity index (χ1n) is 9.83. The van der Waals surface area contributed by atoms with Crippen LogP contribution < -0.4 is 9.47 Å². The zero-order chi connectivity index (χ0) is 23.6. The number of hydrogen-bond donors (Lipinski definition) is 0. The molecule has 0 saturated carbocycles. The highest BCUT2D eigenvalue weighted by molar-refractivity contribution is 5.96. The van der Waals surface area contributed by atoms with Gasteiger partial charge in [-0.2, -0.15) is 0 Å². The van der Waals surface area contributed by atoms with Crippen LogP contribution in [0, 0.1) is 0 Å². The molecule has 0 N–H and O–H groups in total. The Balaban J connectivity index is 1.63. The number of methoxy groups -OCH3 is 2. The molecule has 1 aromatic heterocycles. The molecule has 0 bridgehead atoms. The zero-order valence-corrected chi connectivity index (χ0v) is 18.0. The van der Waals surface area contributed by atoms with E-state index in [9.17, 15) is 14.4 Å². The van der Waals surface area contributed by atoms with Gasteiger partial charge in [0.1, 0.15) is 18.1 Å². The molecule has 0 atom stereocenters. The number of aromatic nitrogens is 1. The lowest BCUT2D eigenvalue weighted by Crippen LogP contribution is -2.09. The third-order valence-corrected chi connectivity index (χ3v) is 4.37. The Morgan fingerprint density at radius 3 is 2.09 bits per heavy atom. The Morgan fingerprint density at radius 2 is 1.52 bits per heavy atom. The quantitative estimate of drug-likeness (QED) is 0.292. The Labute approximate surface area is 190 Å². The van der Waals surface area contributed by atoms with Crippen LogP contribution in [0.3, 0.4) is 0 Å². The van der Waals surface area contributed by atoms with Crippen molar-refractivity contribution in [2.45, 2.75) is 6.61 Å². The van der Waals surface area contributed by atoms with Crippen LogP contribution in [0.1, 0.15) is 32.0 Å². The summed E-state index contributed by atoms with van der Waals surface area (Å²) in [7, 11) is 2.41. The third kappa shape index (κ3) is 6.76. The molecular weight excluding hydrogens is 426 g/mol. The summed E-state index contributed by atoms with van der Waals surface area (Å²) in [5.41, 5.74) is 1.66. The van der Waals surface area contributed by atoms with Crippen molar-refractivity contribution in [3.8, 4) is 11.5 Å². The van der Waals surface area contributed by atoms with E-state index in [-0.39, 0.29) is 16.9 Å². The van der Waals surface area contributed by atoms with Crippen LogP contribution in [0.4, 0.5) is 0 Å². The van der Waals surface area contributed by atoms with E-state index in [0.29, 0.717) is 12.4 Å². The normalized spacial score (nSPS) is 10.5. The minimum atomic E-state index is -0.691. The SMILES string of the molecule is COC(=O)c1cc(OC(=O)/C=C/c2ccc(OCc3ccccn3)cc2)cc(C(=O)OC)c1. The molecule has 8 heteroatoms. The fourth-order valence-corrected chi connectivity index (χ4v) is 2.76. The van der Waals surface area contributed by atoms with Gasteiger partial charge < -0.3 is 18.9 Å². The first kappa shape index (κ1) is 23.2. The minimum Gasteiger partial charge on any atom is -0.487 e. The van der Waals surface area contributed by atoms with Crippen molar-refractivity contribution in [3.05, 3.63) is 95.3 Å². The molecule has 1 heterocycles. The first-order chi connectivity index (χ1) is 16.0. The van der Waals surface area contributed by atoms with Crippen LogP contribution in [-0.2, 0) is 20.9 Å². The molecule has 3 aromatic rings. The van der Waals surface area contributed by atoms with Gasteiger partial charge in [-0.25, -0.2) is 14.4 Å². The summed E-state index contributed by atoms with van der Waals surface area (Å²) in [6.07, 6.45) is 4.50. The van der Waals surface area contributed by atoms with Crippen LogP contribution in [0.5, 0.6) is 11.5 Å². The molecule has 0 radical (unpaired) electrons. The molecule has 3 rings (SSSR count). The van der Waals surface area contributed by atoms with Crippen molar-refractivity contribution in [2.75, 3.05) is 14.2 Å². The van der Waals surface area contributed by atoms with Gasteiger partial charge in [0.05, 0.1) is 31.0 Å². The number of carbonyl (C=O) groups excluding carboxylic acids is 3. The molecular formula is C25H21NO7. The molecule has 0 amide bonds. The molecule has 2 aromatic carbocycles. The Hall–Kier alpha value is -4.46. The van der Waals surface area contributed by atoms with E-state index in [4.69, 9.17) is 9.47 Å². The van der Waals surface area contributed by atoms with Gasteiger partial charge in [-0.3, -0.25) is 4.98 Å². The standard InChI is InChI=1S/C25H21NO7/c1-30-24(28)18-13-19(25(29)31-2)15-22(14-18)33-23(27)11-8-17-6-9-21(10-7-17)32-16-20-5-3-4-12-26-20/h3-15H,16H2,1-2H3/b11-8+. The third-order valence-electron chi connectivity index (χ3n) is 4.37. The summed E-state index contributed by atoms with van der Waals surface area (Å²) in [6, 6.07) is 16.6. The second-order valence-corrected chi connectivity index (χ2v) is 6.66. The number of carbonyl (C=O) groups is 3. The van der Waals surface area contributed by atoms with E-state index in [1.54, 1.807) is 36.5 Å². The fourth-order valence-electron chi connectivity index (χ4n) is 2.76. The van der Waals surface area contributed by atoms with Gasteiger partial charge in [0.2, 0.25) is 0 Å². The average Bonchev–Trinajstić information content (AvgIpc) is 2.86. The second kappa shape index (κ2) is 11.2. The van der Waals surface area contributed by atoms with Gasteiger partial charge in [0.15, 0.2) is 0 Å². The van der Waals surface area contributed by atoms with Gasteiger partial charge >= 0.3 is 17.9 Å². The largest absolute Gasteiger partial charge is 0.487 e. The van der Waals surface area contributed by atoms with Crippen molar-refractivity contribution < 1.29 is 33.3 Å². The number of benzene rings is 2. The maximum absolute atomic E-state index is 12.2. The number of ether oxygens (including phenoxy) is 4. The van der Waals surface area contributed by atoms with Crippen LogP contribution in [0.15, 0.2) is 72.9 Å². The summed E-state index contributed by atoms with van der Waals surface area (Å²) in [6.45, 7) is 0.348. The van der Waals surface area contributed by atoms with E-state index in [2.05, 4.69) is 14.5 Å². The van der Waals surface area contributed by atoms with E-state index in [1.807, 2.05) is 18.2 Å². The molecule has 0 fully saturated rings. The van der Waals surface area contributed by atoms with E-state index < -0.39 is 17.9 Å². The lowest BCUT2D eigenvalue weighted by atomic mass is 10.1. The molecule has 8 nitrogen and oxygen atoms in total. The molecule has 0 spiro atoms. The van der Waals surface area contributed by atoms with E-state index in [1.165, 1.54) is 38.5 Å². The van der Waals surface area contributed by atoms with Crippen molar-refractivity contribution >= 4 is 24.0 Å². The highest BCUT2D eigenvalue weighted by Gasteiger charge is 2.15. The zero-order valence-electron chi connectivity index (χ0n) is 18.0. The smallest absolute Gasteiger partial charge is 0.338 e. The molecule has 0 aliphatic rings.